The smallest absolute Gasteiger partial charge is 0.130 e. The molecule has 0 saturated heterocycles. The van der Waals surface area contributed by atoms with Crippen LogP contribution in [0.1, 0.15) is 33.1 Å². The average molecular weight is 227 g/mol. The normalized spacial score (nSPS) is 19.7. The van der Waals surface area contributed by atoms with Crippen molar-refractivity contribution in [2.45, 2.75) is 33.1 Å². The van der Waals surface area contributed by atoms with Gasteiger partial charge < -0.3 is 0 Å². The van der Waals surface area contributed by atoms with Crippen molar-refractivity contribution in [3.63, 3.8) is 0 Å². The van der Waals surface area contributed by atoms with Crippen molar-refractivity contribution < 1.29 is 0 Å². The standard InChI is InChI=1S/C12H19ClN2/c1-4-9(3)6-10(5-2)11-7-12(13)15-14-8-11/h4,8-10,14H,1,5-7H2,2-3H3. The maximum atomic E-state index is 5.91. The van der Waals surface area contributed by atoms with E-state index in [2.05, 4.69) is 31.0 Å². The Balaban J connectivity index is 2.58. The summed E-state index contributed by atoms with van der Waals surface area (Å²) in [6, 6.07) is 0. The van der Waals surface area contributed by atoms with Crippen molar-refractivity contribution in [3.05, 3.63) is 24.4 Å². The molecular formula is C12H19ClN2. The van der Waals surface area contributed by atoms with Crippen LogP contribution < -0.4 is 5.43 Å². The van der Waals surface area contributed by atoms with Crippen LogP contribution in [0.25, 0.3) is 0 Å². The predicted octanol–water partition coefficient (Wildman–Crippen LogP) is 3.65. The minimum atomic E-state index is 0.550. The first kappa shape index (κ1) is 12.3. The van der Waals surface area contributed by atoms with Crippen LogP contribution in [-0.4, -0.2) is 5.17 Å². The summed E-state index contributed by atoms with van der Waals surface area (Å²) in [5, 5.41) is 4.58. The summed E-state index contributed by atoms with van der Waals surface area (Å²) in [6.45, 7) is 8.23. The fourth-order valence-electron chi connectivity index (χ4n) is 1.83. The zero-order valence-electron chi connectivity index (χ0n) is 9.46. The van der Waals surface area contributed by atoms with Gasteiger partial charge in [-0.25, -0.2) is 0 Å². The lowest BCUT2D eigenvalue weighted by atomic mass is 9.86. The van der Waals surface area contributed by atoms with E-state index in [0.29, 0.717) is 17.0 Å². The van der Waals surface area contributed by atoms with Gasteiger partial charge in [0.15, 0.2) is 0 Å². The first-order chi connectivity index (χ1) is 7.17. The van der Waals surface area contributed by atoms with Crippen molar-refractivity contribution >= 4 is 16.8 Å². The molecule has 0 spiro atoms. The highest BCUT2D eigenvalue weighted by atomic mass is 35.5. The molecule has 2 atom stereocenters. The number of nitrogens with zero attached hydrogens (tertiary/aromatic N) is 1. The summed E-state index contributed by atoms with van der Waals surface area (Å²) in [7, 11) is 0. The lowest BCUT2D eigenvalue weighted by Crippen LogP contribution is -2.16. The minimum Gasteiger partial charge on any atom is -0.285 e. The van der Waals surface area contributed by atoms with E-state index in [0.717, 1.165) is 19.3 Å². The van der Waals surface area contributed by atoms with Gasteiger partial charge in [-0.05, 0) is 30.3 Å². The summed E-state index contributed by atoms with van der Waals surface area (Å²) in [5.41, 5.74) is 4.21. The zero-order chi connectivity index (χ0) is 11.3. The zero-order valence-corrected chi connectivity index (χ0v) is 10.2. The van der Waals surface area contributed by atoms with E-state index < -0.39 is 0 Å². The lowest BCUT2D eigenvalue weighted by Gasteiger charge is -2.22. The number of halogens is 1. The van der Waals surface area contributed by atoms with Gasteiger partial charge >= 0.3 is 0 Å². The number of hydrogen-bond donors (Lipinski definition) is 1. The van der Waals surface area contributed by atoms with Crippen LogP contribution in [0.3, 0.4) is 0 Å². The molecule has 0 saturated carbocycles. The fraction of sp³-hybridized carbons (Fsp3) is 0.583. The monoisotopic (exact) mass is 226 g/mol. The summed E-state index contributed by atoms with van der Waals surface area (Å²) in [4.78, 5) is 0. The molecule has 1 heterocycles. The van der Waals surface area contributed by atoms with Crippen molar-refractivity contribution in [1.29, 1.82) is 0 Å². The van der Waals surface area contributed by atoms with Crippen LogP contribution in [0.4, 0.5) is 0 Å². The van der Waals surface area contributed by atoms with Gasteiger partial charge in [-0.2, -0.15) is 5.10 Å². The SMILES string of the molecule is C=CC(C)CC(CC)C1=CNN=C(Cl)C1. The Morgan fingerprint density at radius 2 is 2.47 bits per heavy atom. The molecule has 0 aromatic rings. The summed E-state index contributed by atoms with van der Waals surface area (Å²) in [6.07, 6.45) is 7.05. The van der Waals surface area contributed by atoms with Crippen molar-refractivity contribution in [2.24, 2.45) is 16.9 Å². The van der Waals surface area contributed by atoms with Crippen LogP contribution in [0.5, 0.6) is 0 Å². The van der Waals surface area contributed by atoms with Gasteiger partial charge in [0, 0.05) is 12.6 Å². The Hall–Kier alpha value is -0.760. The van der Waals surface area contributed by atoms with E-state index in [4.69, 9.17) is 11.6 Å². The number of hydrazone groups is 1. The summed E-state index contributed by atoms with van der Waals surface area (Å²) >= 11 is 5.91. The third kappa shape index (κ3) is 3.71. The molecule has 3 heteroatoms. The van der Waals surface area contributed by atoms with Crippen LogP contribution in [0, 0.1) is 11.8 Å². The second kappa shape index (κ2) is 5.96. The Morgan fingerprint density at radius 1 is 1.73 bits per heavy atom. The van der Waals surface area contributed by atoms with Crippen molar-refractivity contribution in [3.8, 4) is 0 Å². The quantitative estimate of drug-likeness (QED) is 0.711. The van der Waals surface area contributed by atoms with E-state index in [1.807, 2.05) is 12.3 Å². The molecule has 2 nitrogen and oxygen atoms in total. The Labute approximate surface area is 97.1 Å². The highest BCUT2D eigenvalue weighted by Gasteiger charge is 2.17. The van der Waals surface area contributed by atoms with Gasteiger partial charge in [-0.1, -0.05) is 31.5 Å². The number of nitrogens with one attached hydrogen (secondary N) is 1. The number of rotatable bonds is 5. The van der Waals surface area contributed by atoms with Crippen LogP contribution in [0.15, 0.2) is 29.5 Å². The molecule has 0 aromatic heterocycles. The van der Waals surface area contributed by atoms with E-state index in [1.165, 1.54) is 5.57 Å². The molecule has 0 aromatic carbocycles. The first-order valence-corrected chi connectivity index (χ1v) is 5.84. The van der Waals surface area contributed by atoms with Crippen LogP contribution in [0.2, 0.25) is 0 Å². The summed E-state index contributed by atoms with van der Waals surface area (Å²) in [5.74, 6) is 1.13. The molecule has 15 heavy (non-hydrogen) atoms. The van der Waals surface area contributed by atoms with Crippen molar-refractivity contribution in [2.75, 3.05) is 0 Å². The van der Waals surface area contributed by atoms with Gasteiger partial charge in [-0.15, -0.1) is 6.58 Å². The second-order valence-electron chi connectivity index (χ2n) is 4.07. The molecule has 2 unspecified atom stereocenters. The van der Waals surface area contributed by atoms with Crippen LogP contribution >= 0.6 is 11.6 Å². The minimum absolute atomic E-state index is 0.550. The molecule has 0 radical (unpaired) electrons. The third-order valence-corrected chi connectivity index (χ3v) is 3.08. The fourth-order valence-corrected chi connectivity index (χ4v) is 2.03. The maximum absolute atomic E-state index is 5.91. The average Bonchev–Trinajstić information content (AvgIpc) is 2.25. The molecule has 1 rings (SSSR count). The van der Waals surface area contributed by atoms with E-state index in [-0.39, 0.29) is 0 Å². The molecule has 0 fully saturated rings. The number of allylic oxidation sites excluding steroid dienone is 2. The highest BCUT2D eigenvalue weighted by molar-refractivity contribution is 6.65. The van der Waals surface area contributed by atoms with E-state index >= 15 is 0 Å². The number of hydrogen-bond acceptors (Lipinski definition) is 2. The summed E-state index contributed by atoms with van der Waals surface area (Å²) < 4.78 is 0. The van der Waals surface area contributed by atoms with Crippen LogP contribution in [-0.2, 0) is 0 Å². The van der Waals surface area contributed by atoms with Gasteiger partial charge in [0.1, 0.15) is 5.17 Å². The van der Waals surface area contributed by atoms with Crippen molar-refractivity contribution in [1.82, 2.24) is 5.43 Å². The maximum Gasteiger partial charge on any atom is 0.130 e. The molecule has 0 bridgehead atoms. The van der Waals surface area contributed by atoms with Gasteiger partial charge in [-0.3, -0.25) is 5.43 Å². The van der Waals surface area contributed by atoms with Gasteiger partial charge in [0.05, 0.1) is 0 Å². The third-order valence-electron chi connectivity index (χ3n) is 2.86. The van der Waals surface area contributed by atoms with Gasteiger partial charge in [0.2, 0.25) is 0 Å². The van der Waals surface area contributed by atoms with E-state index in [1.54, 1.807) is 0 Å². The van der Waals surface area contributed by atoms with E-state index in [9.17, 15) is 0 Å². The molecule has 0 amide bonds. The highest BCUT2D eigenvalue weighted by Crippen LogP contribution is 2.27. The lowest BCUT2D eigenvalue weighted by molar-refractivity contribution is 0.468. The topological polar surface area (TPSA) is 24.4 Å². The predicted molar refractivity (Wildman–Crippen MR) is 66.9 cm³/mol. The molecule has 1 N–H and O–H groups in total. The molecular weight excluding hydrogens is 208 g/mol. The first-order valence-electron chi connectivity index (χ1n) is 5.46. The largest absolute Gasteiger partial charge is 0.285 e. The Morgan fingerprint density at radius 3 is 3.00 bits per heavy atom. The van der Waals surface area contributed by atoms with Gasteiger partial charge in [0.25, 0.3) is 0 Å². The molecule has 84 valence electrons. The Bertz CT molecular complexity index is 281. The molecule has 1 aliphatic heterocycles. The molecule has 1 aliphatic rings. The second-order valence-corrected chi connectivity index (χ2v) is 4.50. The molecule has 0 aliphatic carbocycles. The Kier molecular flexibility index (Phi) is 4.89.